The topological polar surface area (TPSA) is 67.6 Å². The molecule has 0 radical (unpaired) electrons. The van der Waals surface area contributed by atoms with Crippen LogP contribution in [0.5, 0.6) is 0 Å². The van der Waals surface area contributed by atoms with E-state index in [1.54, 1.807) is 0 Å². The SMILES string of the molecule is N#Cc1ccc(CN2CCC[C@@]3(CCC(=O)N(CCCO)C3)C2)cc1. The molecule has 3 rings (SSSR count). The largest absolute Gasteiger partial charge is 0.396 e. The second-order valence-electron chi connectivity index (χ2n) is 7.52. The summed E-state index contributed by atoms with van der Waals surface area (Å²) >= 11 is 0. The summed E-state index contributed by atoms with van der Waals surface area (Å²) in [5.74, 6) is 0.239. The molecule has 134 valence electrons. The summed E-state index contributed by atoms with van der Waals surface area (Å²) in [5.41, 5.74) is 2.14. The van der Waals surface area contributed by atoms with E-state index < -0.39 is 0 Å². The second-order valence-corrected chi connectivity index (χ2v) is 7.52. The van der Waals surface area contributed by atoms with Gasteiger partial charge < -0.3 is 10.0 Å². The van der Waals surface area contributed by atoms with Gasteiger partial charge in [0.1, 0.15) is 0 Å². The predicted octanol–water partition coefficient (Wildman–Crippen LogP) is 2.15. The molecular weight excluding hydrogens is 314 g/mol. The molecule has 1 amide bonds. The molecule has 0 aliphatic carbocycles. The zero-order chi connectivity index (χ0) is 17.7. The van der Waals surface area contributed by atoms with Gasteiger partial charge in [0.25, 0.3) is 0 Å². The van der Waals surface area contributed by atoms with Gasteiger partial charge in [-0.3, -0.25) is 9.69 Å². The molecule has 5 heteroatoms. The van der Waals surface area contributed by atoms with Crippen LogP contribution in [0.1, 0.15) is 43.2 Å². The van der Waals surface area contributed by atoms with Crippen LogP contribution in [0.4, 0.5) is 0 Å². The van der Waals surface area contributed by atoms with Gasteiger partial charge in [-0.15, -0.1) is 0 Å². The number of nitrogens with zero attached hydrogens (tertiary/aromatic N) is 3. The summed E-state index contributed by atoms with van der Waals surface area (Å²) in [6.07, 6.45) is 4.62. The molecule has 25 heavy (non-hydrogen) atoms. The fraction of sp³-hybridized carbons (Fsp3) is 0.600. The van der Waals surface area contributed by atoms with Crippen molar-refractivity contribution in [3.8, 4) is 6.07 Å². The Balaban J connectivity index is 1.63. The van der Waals surface area contributed by atoms with Crippen molar-refractivity contribution in [3.63, 3.8) is 0 Å². The second kappa shape index (κ2) is 7.99. The Kier molecular flexibility index (Phi) is 5.72. The first-order chi connectivity index (χ1) is 12.1. The van der Waals surface area contributed by atoms with Crippen molar-refractivity contribution in [1.29, 1.82) is 5.26 Å². The van der Waals surface area contributed by atoms with Crippen LogP contribution < -0.4 is 0 Å². The molecule has 1 aromatic carbocycles. The number of likely N-dealkylation sites (tertiary alicyclic amines) is 2. The van der Waals surface area contributed by atoms with Crippen LogP contribution in [0.3, 0.4) is 0 Å². The lowest BCUT2D eigenvalue weighted by molar-refractivity contribution is -0.139. The van der Waals surface area contributed by atoms with Gasteiger partial charge in [-0.05, 0) is 49.9 Å². The summed E-state index contributed by atoms with van der Waals surface area (Å²) in [5, 5.41) is 18.0. The minimum Gasteiger partial charge on any atom is -0.396 e. The smallest absolute Gasteiger partial charge is 0.222 e. The fourth-order valence-electron chi connectivity index (χ4n) is 4.29. The fourth-order valence-corrected chi connectivity index (χ4v) is 4.29. The van der Waals surface area contributed by atoms with Crippen LogP contribution in [0.15, 0.2) is 24.3 Å². The van der Waals surface area contributed by atoms with Crippen molar-refractivity contribution in [2.75, 3.05) is 32.8 Å². The van der Waals surface area contributed by atoms with Crippen LogP contribution in [0.25, 0.3) is 0 Å². The molecule has 2 fully saturated rings. The van der Waals surface area contributed by atoms with Gasteiger partial charge in [-0.2, -0.15) is 5.26 Å². The average Bonchev–Trinajstić information content (AvgIpc) is 2.64. The number of amides is 1. The van der Waals surface area contributed by atoms with E-state index in [-0.39, 0.29) is 17.9 Å². The molecule has 2 aliphatic heterocycles. The highest BCUT2D eigenvalue weighted by atomic mass is 16.3. The first-order valence-corrected chi connectivity index (χ1v) is 9.24. The standard InChI is InChI=1S/C20H27N3O2/c21-13-17-3-5-18(6-4-17)14-22-10-1-8-20(15-22)9-7-19(25)23(16-20)11-2-12-24/h3-6,24H,1-2,7-12,14-16H2/t20-/m1/s1. The van der Waals surface area contributed by atoms with Gasteiger partial charge >= 0.3 is 0 Å². The van der Waals surface area contributed by atoms with Gasteiger partial charge in [0.2, 0.25) is 5.91 Å². The number of piperidine rings is 2. The van der Waals surface area contributed by atoms with Crippen molar-refractivity contribution in [2.24, 2.45) is 5.41 Å². The zero-order valence-electron chi connectivity index (χ0n) is 14.8. The van der Waals surface area contributed by atoms with E-state index in [0.29, 0.717) is 24.9 Å². The summed E-state index contributed by atoms with van der Waals surface area (Å²) in [4.78, 5) is 16.6. The average molecular weight is 341 g/mol. The molecule has 2 aliphatic rings. The highest BCUT2D eigenvalue weighted by molar-refractivity contribution is 5.77. The number of carbonyl (C=O) groups is 1. The lowest BCUT2D eigenvalue weighted by Crippen LogP contribution is -2.54. The number of hydrogen-bond donors (Lipinski definition) is 1. The maximum Gasteiger partial charge on any atom is 0.222 e. The molecule has 1 aromatic rings. The number of nitriles is 1. The molecule has 0 aromatic heterocycles. The maximum atomic E-state index is 12.2. The van der Waals surface area contributed by atoms with Gasteiger partial charge in [0.05, 0.1) is 11.6 Å². The monoisotopic (exact) mass is 341 g/mol. The number of aliphatic hydroxyl groups is 1. The Morgan fingerprint density at radius 3 is 2.72 bits per heavy atom. The number of benzene rings is 1. The molecule has 1 spiro atoms. The van der Waals surface area contributed by atoms with Crippen LogP contribution in [-0.2, 0) is 11.3 Å². The first kappa shape index (κ1) is 17.9. The Bertz CT molecular complexity index is 637. The van der Waals surface area contributed by atoms with E-state index in [9.17, 15) is 4.79 Å². The zero-order valence-corrected chi connectivity index (χ0v) is 14.8. The van der Waals surface area contributed by atoms with E-state index in [0.717, 1.165) is 39.0 Å². The summed E-state index contributed by atoms with van der Waals surface area (Å²) in [7, 11) is 0. The van der Waals surface area contributed by atoms with Gasteiger partial charge in [0.15, 0.2) is 0 Å². The summed E-state index contributed by atoms with van der Waals surface area (Å²) in [6, 6.07) is 10.0. The van der Waals surface area contributed by atoms with Crippen LogP contribution in [-0.4, -0.2) is 53.6 Å². The molecule has 1 atom stereocenters. The number of hydrogen-bond acceptors (Lipinski definition) is 4. The molecule has 2 saturated heterocycles. The third-order valence-electron chi connectivity index (χ3n) is 5.56. The Morgan fingerprint density at radius 1 is 1.20 bits per heavy atom. The highest BCUT2D eigenvalue weighted by Gasteiger charge is 2.41. The normalized spacial score (nSPS) is 24.5. The number of carbonyl (C=O) groups excluding carboxylic acids is 1. The molecule has 1 N–H and O–H groups in total. The minimum atomic E-state index is 0.140. The van der Waals surface area contributed by atoms with E-state index in [1.807, 2.05) is 29.2 Å². The first-order valence-electron chi connectivity index (χ1n) is 9.24. The lowest BCUT2D eigenvalue weighted by atomic mass is 9.73. The Hall–Kier alpha value is -1.90. The molecule has 0 bridgehead atoms. The van der Waals surface area contributed by atoms with Crippen molar-refractivity contribution >= 4 is 5.91 Å². The quantitative estimate of drug-likeness (QED) is 0.891. The van der Waals surface area contributed by atoms with Crippen LogP contribution in [0.2, 0.25) is 0 Å². The Labute approximate surface area is 149 Å². The van der Waals surface area contributed by atoms with Gasteiger partial charge in [0, 0.05) is 44.6 Å². The Morgan fingerprint density at radius 2 is 2.00 bits per heavy atom. The van der Waals surface area contributed by atoms with Crippen molar-refractivity contribution in [3.05, 3.63) is 35.4 Å². The lowest BCUT2D eigenvalue weighted by Gasteiger charge is -2.48. The van der Waals surface area contributed by atoms with E-state index in [4.69, 9.17) is 10.4 Å². The molecule has 2 heterocycles. The molecule has 0 unspecified atom stereocenters. The maximum absolute atomic E-state index is 12.2. The summed E-state index contributed by atoms with van der Waals surface area (Å²) in [6.45, 7) is 4.66. The van der Waals surface area contributed by atoms with Crippen LogP contribution in [0, 0.1) is 16.7 Å². The predicted molar refractivity (Wildman–Crippen MR) is 95.6 cm³/mol. The molecule has 0 saturated carbocycles. The summed E-state index contributed by atoms with van der Waals surface area (Å²) < 4.78 is 0. The highest BCUT2D eigenvalue weighted by Crippen LogP contribution is 2.39. The van der Waals surface area contributed by atoms with Crippen molar-refractivity contribution < 1.29 is 9.90 Å². The van der Waals surface area contributed by atoms with Crippen LogP contribution >= 0.6 is 0 Å². The van der Waals surface area contributed by atoms with Crippen molar-refractivity contribution in [1.82, 2.24) is 9.80 Å². The van der Waals surface area contributed by atoms with Gasteiger partial charge in [-0.25, -0.2) is 0 Å². The van der Waals surface area contributed by atoms with E-state index in [1.165, 1.54) is 12.0 Å². The van der Waals surface area contributed by atoms with E-state index >= 15 is 0 Å². The van der Waals surface area contributed by atoms with E-state index in [2.05, 4.69) is 11.0 Å². The molecule has 5 nitrogen and oxygen atoms in total. The van der Waals surface area contributed by atoms with Crippen molar-refractivity contribution in [2.45, 2.75) is 38.6 Å². The number of aliphatic hydroxyl groups excluding tert-OH is 1. The minimum absolute atomic E-state index is 0.140. The number of rotatable bonds is 5. The third kappa shape index (κ3) is 4.39. The molecular formula is C20H27N3O2. The van der Waals surface area contributed by atoms with Gasteiger partial charge in [-0.1, -0.05) is 12.1 Å². The third-order valence-corrected chi connectivity index (χ3v) is 5.56.